The van der Waals surface area contributed by atoms with Gasteiger partial charge in [0.05, 0.1) is 25.1 Å². The molecule has 1 unspecified atom stereocenters. The normalized spacial score (nSPS) is 27.6. The summed E-state index contributed by atoms with van der Waals surface area (Å²) in [5.74, 6) is 1.41. The van der Waals surface area contributed by atoms with E-state index in [1.165, 1.54) is 21.9 Å². The van der Waals surface area contributed by atoms with E-state index >= 15 is 0 Å². The summed E-state index contributed by atoms with van der Waals surface area (Å²) >= 11 is 0. The molecule has 126 valence electrons. The number of quaternary nitrogens is 1. The number of hydroxylamine groups is 3. The molecule has 3 aromatic carbocycles. The van der Waals surface area contributed by atoms with Gasteiger partial charge in [-0.25, -0.2) is 4.84 Å². The van der Waals surface area contributed by atoms with Crippen LogP contribution in [-0.2, 0) is 11.4 Å². The SMILES string of the molecule is C[N+]1(Cc2ccccc2)OC[C@@H]2COc3ccc4ccccc4c3[C@@H]21. The molecule has 0 N–H and O–H groups in total. The molecule has 0 amide bonds. The van der Waals surface area contributed by atoms with Crippen molar-refractivity contribution in [2.24, 2.45) is 5.92 Å². The average molecular weight is 332 g/mol. The molecule has 0 aliphatic carbocycles. The highest BCUT2D eigenvalue weighted by molar-refractivity contribution is 5.88. The Hall–Kier alpha value is -2.36. The van der Waals surface area contributed by atoms with Crippen LogP contribution < -0.4 is 4.74 Å². The lowest BCUT2D eigenvalue weighted by Crippen LogP contribution is -2.44. The van der Waals surface area contributed by atoms with Gasteiger partial charge < -0.3 is 4.74 Å². The van der Waals surface area contributed by atoms with Crippen LogP contribution in [0.25, 0.3) is 10.8 Å². The number of benzene rings is 3. The highest BCUT2D eigenvalue weighted by Gasteiger charge is 2.52. The number of rotatable bonds is 2. The van der Waals surface area contributed by atoms with Gasteiger partial charge in [-0.05, 0) is 16.8 Å². The summed E-state index contributed by atoms with van der Waals surface area (Å²) in [5, 5.41) is 2.56. The first-order chi connectivity index (χ1) is 12.2. The van der Waals surface area contributed by atoms with E-state index in [1.54, 1.807) is 0 Å². The Labute approximate surface area is 147 Å². The van der Waals surface area contributed by atoms with Crippen LogP contribution in [0.2, 0.25) is 0 Å². The highest BCUT2D eigenvalue weighted by Crippen LogP contribution is 2.50. The zero-order valence-corrected chi connectivity index (χ0v) is 14.4. The molecule has 1 saturated heterocycles. The van der Waals surface area contributed by atoms with Crippen molar-refractivity contribution < 1.29 is 14.2 Å². The fourth-order valence-electron chi connectivity index (χ4n) is 4.52. The van der Waals surface area contributed by atoms with E-state index in [1.807, 2.05) is 0 Å². The van der Waals surface area contributed by atoms with E-state index in [9.17, 15) is 0 Å². The molecule has 25 heavy (non-hydrogen) atoms. The lowest BCUT2D eigenvalue weighted by molar-refractivity contribution is -1.11. The molecule has 0 radical (unpaired) electrons. The molecule has 5 rings (SSSR count). The van der Waals surface area contributed by atoms with Crippen LogP contribution >= 0.6 is 0 Å². The Morgan fingerprint density at radius 3 is 2.60 bits per heavy atom. The summed E-state index contributed by atoms with van der Waals surface area (Å²) in [5.41, 5.74) is 2.62. The molecule has 0 saturated carbocycles. The molecule has 3 atom stereocenters. The monoisotopic (exact) mass is 332 g/mol. The zero-order chi connectivity index (χ0) is 16.9. The first kappa shape index (κ1) is 14.9. The molecule has 0 spiro atoms. The van der Waals surface area contributed by atoms with Crippen molar-refractivity contribution >= 4 is 10.8 Å². The van der Waals surface area contributed by atoms with Gasteiger partial charge in [0.2, 0.25) is 0 Å². The highest BCUT2D eigenvalue weighted by atomic mass is 16.7. The third-order valence-electron chi connectivity index (χ3n) is 5.64. The Balaban J connectivity index is 1.65. The van der Waals surface area contributed by atoms with Crippen LogP contribution in [0.4, 0.5) is 0 Å². The summed E-state index contributed by atoms with van der Waals surface area (Å²) in [7, 11) is 2.22. The number of nitrogens with zero attached hydrogens (tertiary/aromatic N) is 1. The first-order valence-electron chi connectivity index (χ1n) is 8.93. The summed E-state index contributed by atoms with van der Waals surface area (Å²) in [6.45, 7) is 2.35. The summed E-state index contributed by atoms with van der Waals surface area (Å²) in [4.78, 5) is 6.35. The Morgan fingerprint density at radius 1 is 0.920 bits per heavy atom. The van der Waals surface area contributed by atoms with Gasteiger partial charge in [-0.15, -0.1) is 0 Å². The predicted molar refractivity (Wildman–Crippen MR) is 98.0 cm³/mol. The number of fused-ring (bicyclic) bond motifs is 5. The fraction of sp³-hybridized carbons (Fsp3) is 0.273. The van der Waals surface area contributed by atoms with Gasteiger partial charge in [-0.2, -0.15) is 4.65 Å². The van der Waals surface area contributed by atoms with E-state index in [-0.39, 0.29) is 0 Å². The molecule has 0 aromatic heterocycles. The summed E-state index contributed by atoms with van der Waals surface area (Å²) < 4.78 is 6.68. The fourth-order valence-corrected chi connectivity index (χ4v) is 4.52. The van der Waals surface area contributed by atoms with Gasteiger partial charge >= 0.3 is 0 Å². The van der Waals surface area contributed by atoms with Crippen molar-refractivity contribution in [1.29, 1.82) is 0 Å². The molecule has 2 heterocycles. The van der Waals surface area contributed by atoms with Gasteiger partial charge in [-0.1, -0.05) is 60.7 Å². The Morgan fingerprint density at radius 2 is 1.72 bits per heavy atom. The molecular weight excluding hydrogens is 310 g/mol. The standard InChI is InChI=1S/C22H22NO2/c1-23(13-16-7-3-2-4-8-16)22-18(15-25-23)14-24-20-12-11-17-9-5-6-10-19(17)21(20)22/h2-12,18,22H,13-15H2,1H3/q+1/t18-,22+,23?/m0/s1. The summed E-state index contributed by atoms with van der Waals surface area (Å²) in [6, 6.07) is 23.8. The number of hydrogen-bond acceptors (Lipinski definition) is 2. The average Bonchev–Trinajstić information content (AvgIpc) is 2.99. The molecule has 2 aliphatic rings. The number of hydrogen-bond donors (Lipinski definition) is 0. The molecule has 3 aromatic rings. The van der Waals surface area contributed by atoms with E-state index in [0.29, 0.717) is 16.6 Å². The molecule has 1 fully saturated rings. The maximum Gasteiger partial charge on any atom is 0.157 e. The Bertz CT molecular complexity index is 924. The predicted octanol–water partition coefficient (Wildman–Crippen LogP) is 4.48. The van der Waals surface area contributed by atoms with Crippen LogP contribution in [0, 0.1) is 5.92 Å². The molecule has 3 heteroatoms. The van der Waals surface area contributed by atoms with Crippen LogP contribution in [0.3, 0.4) is 0 Å². The molecular formula is C22H22NO2+. The van der Waals surface area contributed by atoms with E-state index < -0.39 is 0 Å². The largest absolute Gasteiger partial charge is 0.492 e. The third-order valence-corrected chi connectivity index (χ3v) is 5.64. The van der Waals surface area contributed by atoms with Crippen molar-refractivity contribution in [1.82, 2.24) is 0 Å². The molecule has 0 bridgehead atoms. The second-order valence-corrected chi connectivity index (χ2v) is 7.33. The van der Waals surface area contributed by atoms with Gasteiger partial charge in [0.15, 0.2) is 6.04 Å². The van der Waals surface area contributed by atoms with Crippen molar-refractivity contribution in [3.8, 4) is 5.75 Å². The third kappa shape index (κ3) is 2.35. The minimum atomic E-state index is 0.301. The maximum absolute atomic E-state index is 6.35. The second kappa shape index (κ2) is 5.58. The number of ether oxygens (including phenoxy) is 1. The second-order valence-electron chi connectivity index (χ2n) is 7.33. The van der Waals surface area contributed by atoms with Gasteiger partial charge in [-0.3, -0.25) is 0 Å². The van der Waals surface area contributed by atoms with Crippen LogP contribution in [0.15, 0.2) is 66.7 Å². The van der Waals surface area contributed by atoms with Crippen molar-refractivity contribution in [2.45, 2.75) is 12.6 Å². The minimum absolute atomic E-state index is 0.301. The van der Waals surface area contributed by atoms with Crippen LogP contribution in [0.1, 0.15) is 17.2 Å². The summed E-state index contributed by atoms with van der Waals surface area (Å²) in [6.07, 6.45) is 0. The van der Waals surface area contributed by atoms with Crippen LogP contribution in [0.5, 0.6) is 5.75 Å². The Kier molecular flexibility index (Phi) is 3.34. The first-order valence-corrected chi connectivity index (χ1v) is 8.93. The topological polar surface area (TPSA) is 18.5 Å². The van der Waals surface area contributed by atoms with Crippen molar-refractivity contribution in [2.75, 3.05) is 20.3 Å². The van der Waals surface area contributed by atoms with Gasteiger partial charge in [0.1, 0.15) is 18.9 Å². The van der Waals surface area contributed by atoms with Gasteiger partial charge in [0, 0.05) is 5.56 Å². The minimum Gasteiger partial charge on any atom is -0.492 e. The maximum atomic E-state index is 6.35. The van der Waals surface area contributed by atoms with Gasteiger partial charge in [0.25, 0.3) is 0 Å². The lowest BCUT2D eigenvalue weighted by atomic mass is 9.87. The molecule has 2 aliphatic heterocycles. The lowest BCUT2D eigenvalue weighted by Gasteiger charge is -2.37. The van der Waals surface area contributed by atoms with Crippen molar-refractivity contribution in [3.05, 3.63) is 77.9 Å². The van der Waals surface area contributed by atoms with E-state index in [2.05, 4.69) is 73.8 Å². The molecule has 3 nitrogen and oxygen atoms in total. The quantitative estimate of drug-likeness (QED) is 0.644. The van der Waals surface area contributed by atoms with Crippen molar-refractivity contribution in [3.63, 3.8) is 0 Å². The zero-order valence-electron chi connectivity index (χ0n) is 14.4. The van der Waals surface area contributed by atoms with E-state index in [0.717, 1.165) is 25.5 Å². The smallest absolute Gasteiger partial charge is 0.157 e. The van der Waals surface area contributed by atoms with E-state index in [4.69, 9.17) is 9.57 Å². The van der Waals surface area contributed by atoms with Crippen LogP contribution in [-0.4, -0.2) is 24.9 Å².